The fourth-order valence-corrected chi connectivity index (χ4v) is 2.46. The highest BCUT2D eigenvalue weighted by Crippen LogP contribution is 2.17. The lowest BCUT2D eigenvalue weighted by molar-refractivity contribution is -0.115. The summed E-state index contributed by atoms with van der Waals surface area (Å²) in [5.41, 5.74) is 2.40. The van der Waals surface area contributed by atoms with E-state index in [0.717, 1.165) is 5.56 Å². The third-order valence-electron chi connectivity index (χ3n) is 3.63. The van der Waals surface area contributed by atoms with Gasteiger partial charge < -0.3 is 10.4 Å². The average Bonchev–Trinajstić information content (AvgIpc) is 3.10. The molecule has 0 spiro atoms. The Morgan fingerprint density at radius 3 is 2.72 bits per heavy atom. The zero-order chi connectivity index (χ0) is 17.6. The van der Waals surface area contributed by atoms with Gasteiger partial charge in [0.05, 0.1) is 18.5 Å². The van der Waals surface area contributed by atoms with Crippen molar-refractivity contribution < 1.29 is 14.7 Å². The van der Waals surface area contributed by atoms with Crippen molar-refractivity contribution >= 4 is 17.6 Å². The van der Waals surface area contributed by atoms with Crippen LogP contribution in [-0.4, -0.2) is 31.7 Å². The molecule has 3 aromatic rings. The molecule has 0 atom stereocenters. The highest BCUT2D eigenvalue weighted by atomic mass is 16.4. The van der Waals surface area contributed by atoms with Crippen molar-refractivity contribution in [1.29, 1.82) is 0 Å². The van der Waals surface area contributed by atoms with E-state index in [1.807, 2.05) is 24.3 Å². The summed E-state index contributed by atoms with van der Waals surface area (Å²) in [6, 6.07) is 13.8. The van der Waals surface area contributed by atoms with Crippen LogP contribution >= 0.6 is 0 Å². The fourth-order valence-electron chi connectivity index (χ4n) is 2.46. The van der Waals surface area contributed by atoms with Gasteiger partial charge in [0.15, 0.2) is 0 Å². The van der Waals surface area contributed by atoms with Crippen LogP contribution in [0.4, 0.5) is 5.69 Å². The summed E-state index contributed by atoms with van der Waals surface area (Å²) in [6.07, 6.45) is 3.16. The van der Waals surface area contributed by atoms with Gasteiger partial charge in [0, 0.05) is 5.69 Å². The van der Waals surface area contributed by atoms with Gasteiger partial charge in [-0.2, -0.15) is 5.10 Å². The number of hydrogen-bond acceptors (Lipinski definition) is 4. The Hall–Kier alpha value is -3.48. The quantitative estimate of drug-likeness (QED) is 0.719. The monoisotopic (exact) mass is 336 g/mol. The van der Waals surface area contributed by atoms with Gasteiger partial charge >= 0.3 is 5.97 Å². The van der Waals surface area contributed by atoms with E-state index in [1.165, 1.54) is 18.5 Å². The lowest BCUT2D eigenvalue weighted by Gasteiger charge is -2.11. The number of nitrogens with one attached hydrogen (secondary N) is 1. The highest BCUT2D eigenvalue weighted by Gasteiger charge is 2.10. The molecule has 3 rings (SSSR count). The van der Waals surface area contributed by atoms with Crippen molar-refractivity contribution in [3.05, 3.63) is 77.9 Å². The first-order chi connectivity index (χ1) is 12.1. The molecule has 25 heavy (non-hydrogen) atoms. The van der Waals surface area contributed by atoms with Gasteiger partial charge in [0.25, 0.3) is 0 Å². The van der Waals surface area contributed by atoms with E-state index in [-0.39, 0.29) is 17.9 Å². The lowest BCUT2D eigenvalue weighted by Crippen LogP contribution is -2.16. The van der Waals surface area contributed by atoms with Crippen LogP contribution < -0.4 is 5.32 Å². The standard InChI is InChI=1S/C18H16N4O3/c23-17(9-13-4-3-6-14(8-13)18(24)25)21-16-7-2-1-5-15(16)10-22-12-19-11-20-22/h1-8,11-12H,9-10H2,(H,21,23)(H,24,25). The molecule has 1 aromatic heterocycles. The average molecular weight is 336 g/mol. The maximum atomic E-state index is 12.3. The van der Waals surface area contributed by atoms with E-state index in [2.05, 4.69) is 15.4 Å². The molecule has 0 aliphatic rings. The molecule has 0 aliphatic heterocycles. The largest absolute Gasteiger partial charge is 0.478 e. The summed E-state index contributed by atoms with van der Waals surface area (Å²) in [7, 11) is 0. The Labute approximate surface area is 143 Å². The number of amides is 1. The molecule has 0 bridgehead atoms. The third kappa shape index (κ3) is 4.29. The second-order valence-electron chi connectivity index (χ2n) is 5.48. The molecule has 126 valence electrons. The number of para-hydroxylation sites is 1. The zero-order valence-corrected chi connectivity index (χ0v) is 13.3. The molecule has 1 heterocycles. The Kier molecular flexibility index (Phi) is 4.84. The summed E-state index contributed by atoms with van der Waals surface area (Å²) in [5, 5.41) is 16.0. The SMILES string of the molecule is O=C(Cc1cccc(C(=O)O)c1)Nc1ccccc1Cn1cncn1. The lowest BCUT2D eigenvalue weighted by atomic mass is 10.1. The van der Waals surface area contributed by atoms with Crippen LogP contribution in [0.1, 0.15) is 21.5 Å². The molecular formula is C18H16N4O3. The van der Waals surface area contributed by atoms with Crippen molar-refractivity contribution in [2.75, 3.05) is 5.32 Å². The van der Waals surface area contributed by atoms with E-state index < -0.39 is 5.97 Å². The van der Waals surface area contributed by atoms with Gasteiger partial charge in [-0.1, -0.05) is 30.3 Å². The Balaban J connectivity index is 1.71. The summed E-state index contributed by atoms with van der Waals surface area (Å²) in [6.45, 7) is 0.491. The molecule has 0 saturated heterocycles. The van der Waals surface area contributed by atoms with Crippen molar-refractivity contribution in [3.8, 4) is 0 Å². The van der Waals surface area contributed by atoms with Crippen LogP contribution in [0.25, 0.3) is 0 Å². The first-order valence-electron chi connectivity index (χ1n) is 7.64. The number of hydrogen-bond donors (Lipinski definition) is 2. The molecule has 0 aliphatic carbocycles. The number of anilines is 1. The molecule has 0 fully saturated rings. The molecule has 1 amide bonds. The highest BCUT2D eigenvalue weighted by molar-refractivity contribution is 5.93. The summed E-state index contributed by atoms with van der Waals surface area (Å²) >= 11 is 0. The first kappa shape index (κ1) is 16.4. The summed E-state index contributed by atoms with van der Waals surface area (Å²) in [4.78, 5) is 27.2. The predicted molar refractivity (Wildman–Crippen MR) is 91.3 cm³/mol. The Morgan fingerprint density at radius 1 is 1.12 bits per heavy atom. The number of carboxylic acid groups (broad SMARTS) is 1. The van der Waals surface area contributed by atoms with Gasteiger partial charge in [0.1, 0.15) is 12.7 Å². The smallest absolute Gasteiger partial charge is 0.335 e. The number of rotatable bonds is 6. The molecule has 0 unspecified atom stereocenters. The summed E-state index contributed by atoms with van der Waals surface area (Å²) < 4.78 is 1.67. The summed E-state index contributed by atoms with van der Waals surface area (Å²) in [5.74, 6) is -1.23. The van der Waals surface area contributed by atoms with Crippen LogP contribution in [0.5, 0.6) is 0 Å². The second-order valence-corrected chi connectivity index (χ2v) is 5.48. The molecule has 0 saturated carbocycles. The Bertz CT molecular complexity index is 891. The molecule has 7 nitrogen and oxygen atoms in total. The van der Waals surface area contributed by atoms with E-state index in [1.54, 1.807) is 23.1 Å². The van der Waals surface area contributed by atoms with Gasteiger partial charge in [-0.05, 0) is 29.3 Å². The predicted octanol–water partition coefficient (Wildman–Crippen LogP) is 2.21. The van der Waals surface area contributed by atoms with Crippen LogP contribution in [-0.2, 0) is 17.8 Å². The topological polar surface area (TPSA) is 97.1 Å². The number of carbonyl (C=O) groups is 2. The minimum Gasteiger partial charge on any atom is -0.478 e. The van der Waals surface area contributed by atoms with Crippen molar-refractivity contribution in [2.45, 2.75) is 13.0 Å². The maximum absolute atomic E-state index is 12.3. The van der Waals surface area contributed by atoms with Crippen LogP contribution in [0.15, 0.2) is 61.2 Å². The number of nitrogens with zero attached hydrogens (tertiary/aromatic N) is 3. The number of carbonyl (C=O) groups excluding carboxylic acids is 1. The van der Waals surface area contributed by atoms with Crippen molar-refractivity contribution in [3.63, 3.8) is 0 Å². The first-order valence-corrected chi connectivity index (χ1v) is 7.64. The van der Waals surface area contributed by atoms with Crippen LogP contribution in [0.3, 0.4) is 0 Å². The zero-order valence-electron chi connectivity index (χ0n) is 13.3. The number of benzene rings is 2. The molecule has 7 heteroatoms. The van der Waals surface area contributed by atoms with Crippen LogP contribution in [0, 0.1) is 0 Å². The number of aromatic carboxylic acids is 1. The van der Waals surface area contributed by atoms with Crippen LogP contribution in [0.2, 0.25) is 0 Å². The maximum Gasteiger partial charge on any atom is 0.335 e. The van der Waals surface area contributed by atoms with Crippen molar-refractivity contribution in [2.24, 2.45) is 0 Å². The molecule has 0 radical (unpaired) electrons. The van der Waals surface area contributed by atoms with E-state index in [9.17, 15) is 9.59 Å². The van der Waals surface area contributed by atoms with Gasteiger partial charge in [-0.15, -0.1) is 0 Å². The Morgan fingerprint density at radius 2 is 1.96 bits per heavy atom. The minimum atomic E-state index is -1.01. The molecular weight excluding hydrogens is 320 g/mol. The third-order valence-corrected chi connectivity index (χ3v) is 3.63. The molecule has 2 aromatic carbocycles. The van der Waals surface area contributed by atoms with Gasteiger partial charge in [0.2, 0.25) is 5.91 Å². The van der Waals surface area contributed by atoms with E-state index in [0.29, 0.717) is 17.8 Å². The van der Waals surface area contributed by atoms with Gasteiger partial charge in [-0.3, -0.25) is 4.79 Å². The fraction of sp³-hybridized carbons (Fsp3) is 0.111. The number of carboxylic acids is 1. The number of aromatic nitrogens is 3. The van der Waals surface area contributed by atoms with E-state index in [4.69, 9.17) is 5.11 Å². The van der Waals surface area contributed by atoms with E-state index >= 15 is 0 Å². The van der Waals surface area contributed by atoms with Crippen molar-refractivity contribution in [1.82, 2.24) is 14.8 Å². The van der Waals surface area contributed by atoms with Gasteiger partial charge in [-0.25, -0.2) is 14.5 Å². The minimum absolute atomic E-state index is 0.0960. The second kappa shape index (κ2) is 7.39. The molecule has 2 N–H and O–H groups in total. The normalized spacial score (nSPS) is 10.4.